The number of nitrogens with zero attached hydrogens (tertiary/aromatic N) is 2. The summed E-state index contributed by atoms with van der Waals surface area (Å²) in [7, 11) is -0.0806. The van der Waals surface area contributed by atoms with Gasteiger partial charge in [0.05, 0.1) is 11.5 Å². The smallest absolute Gasteiger partial charge is 0.243 e. The van der Waals surface area contributed by atoms with Crippen LogP contribution in [0.5, 0.6) is 0 Å². The Hall–Kier alpha value is -1.11. The fourth-order valence-corrected chi connectivity index (χ4v) is 3.79. The van der Waals surface area contributed by atoms with Crippen LogP contribution in [-0.2, 0) is 16.4 Å². The monoisotopic (exact) mass is 298 g/mol. The molecule has 2 rings (SSSR count). The first kappa shape index (κ1) is 15.3. The lowest BCUT2D eigenvalue weighted by Crippen LogP contribution is -2.37. The molecule has 0 fully saturated rings. The molecular weight excluding hydrogens is 276 g/mol. The normalized spacial score (nSPS) is 17.1. The minimum Gasteiger partial charge on any atom is -0.395 e. The Bertz CT molecular complexity index is 586. The number of sulfonamides is 1. The molecule has 0 spiro atoms. The number of aryl methyl sites for hydroxylation is 1. The van der Waals surface area contributed by atoms with Gasteiger partial charge in [-0.05, 0) is 37.5 Å². The van der Waals surface area contributed by atoms with Crippen LogP contribution < -0.4 is 4.90 Å². The average molecular weight is 298 g/mol. The molecule has 112 valence electrons. The fourth-order valence-electron chi connectivity index (χ4n) is 2.42. The van der Waals surface area contributed by atoms with E-state index in [1.54, 1.807) is 19.1 Å². The van der Waals surface area contributed by atoms with Gasteiger partial charge in [0.25, 0.3) is 0 Å². The Labute approximate surface area is 120 Å². The van der Waals surface area contributed by atoms with E-state index in [4.69, 9.17) is 5.11 Å². The van der Waals surface area contributed by atoms with Crippen LogP contribution in [0.4, 0.5) is 5.69 Å². The summed E-state index contributed by atoms with van der Waals surface area (Å²) in [5.41, 5.74) is 2.18. The third kappa shape index (κ3) is 2.68. The Kier molecular flexibility index (Phi) is 4.36. The van der Waals surface area contributed by atoms with Gasteiger partial charge in [0, 0.05) is 32.4 Å². The van der Waals surface area contributed by atoms with Crippen molar-refractivity contribution >= 4 is 15.7 Å². The second kappa shape index (κ2) is 5.71. The largest absolute Gasteiger partial charge is 0.395 e. The van der Waals surface area contributed by atoms with Crippen molar-refractivity contribution in [3.05, 3.63) is 23.8 Å². The number of aliphatic hydroxyl groups is 1. The summed E-state index contributed by atoms with van der Waals surface area (Å²) in [5.74, 6) is 0. The summed E-state index contributed by atoms with van der Waals surface area (Å²) >= 11 is 0. The summed E-state index contributed by atoms with van der Waals surface area (Å²) in [6, 6.07) is 4.86. The van der Waals surface area contributed by atoms with Gasteiger partial charge in [-0.1, -0.05) is 6.07 Å². The molecule has 0 saturated heterocycles. The molecule has 0 aliphatic carbocycles. The minimum atomic E-state index is -3.56. The number of hydrogen-bond acceptors (Lipinski definition) is 4. The van der Waals surface area contributed by atoms with Crippen molar-refractivity contribution in [1.82, 2.24) is 4.31 Å². The molecule has 0 radical (unpaired) electrons. The van der Waals surface area contributed by atoms with E-state index < -0.39 is 16.1 Å². The van der Waals surface area contributed by atoms with E-state index in [1.165, 1.54) is 16.9 Å². The number of anilines is 1. The third-order valence-corrected chi connectivity index (χ3v) is 5.94. The molecule has 6 heteroatoms. The molecule has 20 heavy (non-hydrogen) atoms. The second-order valence-corrected chi connectivity index (χ2v) is 7.37. The molecule has 0 amide bonds. The zero-order valence-corrected chi connectivity index (χ0v) is 13.0. The molecule has 0 unspecified atom stereocenters. The zero-order valence-electron chi connectivity index (χ0n) is 12.2. The molecule has 1 aromatic carbocycles. The van der Waals surface area contributed by atoms with Crippen LogP contribution >= 0.6 is 0 Å². The summed E-state index contributed by atoms with van der Waals surface area (Å²) < 4.78 is 26.3. The highest BCUT2D eigenvalue weighted by atomic mass is 32.2. The maximum atomic E-state index is 12.5. The Balaban J connectivity index is 2.41. The van der Waals surface area contributed by atoms with E-state index in [1.807, 2.05) is 13.1 Å². The minimum absolute atomic E-state index is 0.194. The van der Waals surface area contributed by atoms with Crippen molar-refractivity contribution < 1.29 is 13.5 Å². The highest BCUT2D eigenvalue weighted by Gasteiger charge is 2.26. The van der Waals surface area contributed by atoms with Crippen molar-refractivity contribution in [3.63, 3.8) is 0 Å². The van der Waals surface area contributed by atoms with Gasteiger partial charge in [-0.25, -0.2) is 8.42 Å². The van der Waals surface area contributed by atoms with Crippen LogP contribution in [0.25, 0.3) is 0 Å². The molecule has 5 nitrogen and oxygen atoms in total. The summed E-state index contributed by atoms with van der Waals surface area (Å²) in [6.45, 7) is 2.43. The topological polar surface area (TPSA) is 60.9 Å². The van der Waals surface area contributed by atoms with Crippen molar-refractivity contribution in [2.75, 3.05) is 32.1 Å². The molecular formula is C14H22N2O3S. The third-order valence-electron chi connectivity index (χ3n) is 3.97. The van der Waals surface area contributed by atoms with Crippen LogP contribution in [0.1, 0.15) is 18.9 Å². The first-order valence-corrected chi connectivity index (χ1v) is 8.25. The maximum absolute atomic E-state index is 12.5. The molecule has 0 aromatic heterocycles. The molecule has 1 N–H and O–H groups in total. The van der Waals surface area contributed by atoms with Gasteiger partial charge in [0.15, 0.2) is 0 Å². The van der Waals surface area contributed by atoms with Gasteiger partial charge in [0.1, 0.15) is 0 Å². The standard InChI is InChI=1S/C14H22N2O3S/c1-11(10-17)16(3)20(18,19)13-7-6-12-5-4-8-15(2)14(12)9-13/h6-7,9,11,17H,4-5,8,10H2,1-3H3/t11-/m0/s1. The molecule has 1 aromatic rings. The summed E-state index contributed by atoms with van der Waals surface area (Å²) in [5, 5.41) is 9.14. The van der Waals surface area contributed by atoms with Gasteiger partial charge in [-0.2, -0.15) is 4.31 Å². The van der Waals surface area contributed by atoms with E-state index in [0.717, 1.165) is 25.1 Å². The highest BCUT2D eigenvalue weighted by molar-refractivity contribution is 7.89. The van der Waals surface area contributed by atoms with Crippen molar-refractivity contribution in [2.45, 2.75) is 30.7 Å². The van der Waals surface area contributed by atoms with E-state index in [2.05, 4.69) is 4.90 Å². The van der Waals surface area contributed by atoms with Crippen LogP contribution in [0.3, 0.4) is 0 Å². The number of rotatable bonds is 4. The van der Waals surface area contributed by atoms with E-state index in [9.17, 15) is 8.42 Å². The second-order valence-electron chi connectivity index (χ2n) is 5.37. The molecule has 0 bridgehead atoms. The van der Waals surface area contributed by atoms with Gasteiger partial charge >= 0.3 is 0 Å². The summed E-state index contributed by atoms with van der Waals surface area (Å²) in [6.07, 6.45) is 2.08. The van der Waals surface area contributed by atoms with Crippen molar-refractivity contribution in [2.24, 2.45) is 0 Å². The molecule has 1 heterocycles. The molecule has 0 saturated carbocycles. The zero-order chi connectivity index (χ0) is 14.9. The lowest BCUT2D eigenvalue weighted by Gasteiger charge is -2.29. The lowest BCUT2D eigenvalue weighted by molar-refractivity contribution is 0.214. The number of aliphatic hydroxyl groups excluding tert-OH is 1. The van der Waals surface area contributed by atoms with Gasteiger partial charge < -0.3 is 10.0 Å². The van der Waals surface area contributed by atoms with Crippen molar-refractivity contribution in [1.29, 1.82) is 0 Å². The lowest BCUT2D eigenvalue weighted by atomic mass is 10.0. The van der Waals surface area contributed by atoms with Crippen LogP contribution in [-0.4, -0.2) is 51.1 Å². The molecule has 1 aliphatic rings. The predicted molar refractivity (Wildman–Crippen MR) is 79.5 cm³/mol. The van der Waals surface area contributed by atoms with Gasteiger partial charge in [0.2, 0.25) is 10.0 Å². The quantitative estimate of drug-likeness (QED) is 0.903. The Morgan fingerprint density at radius 3 is 2.80 bits per heavy atom. The first-order valence-electron chi connectivity index (χ1n) is 6.81. The number of fused-ring (bicyclic) bond motifs is 1. The van der Waals surface area contributed by atoms with Gasteiger partial charge in [-0.15, -0.1) is 0 Å². The van der Waals surface area contributed by atoms with Crippen LogP contribution in [0.15, 0.2) is 23.1 Å². The SMILES string of the molecule is C[C@@H](CO)N(C)S(=O)(=O)c1ccc2c(c1)N(C)CCC2. The molecule has 1 atom stereocenters. The maximum Gasteiger partial charge on any atom is 0.243 e. The van der Waals surface area contributed by atoms with E-state index in [0.29, 0.717) is 0 Å². The van der Waals surface area contributed by atoms with Crippen LogP contribution in [0.2, 0.25) is 0 Å². The van der Waals surface area contributed by atoms with E-state index in [-0.39, 0.29) is 11.5 Å². The Morgan fingerprint density at radius 2 is 2.15 bits per heavy atom. The number of likely N-dealkylation sites (N-methyl/N-ethyl adjacent to an activating group) is 1. The number of benzene rings is 1. The first-order chi connectivity index (χ1) is 9.37. The van der Waals surface area contributed by atoms with Crippen molar-refractivity contribution in [3.8, 4) is 0 Å². The number of hydrogen-bond donors (Lipinski definition) is 1. The Morgan fingerprint density at radius 1 is 1.45 bits per heavy atom. The average Bonchev–Trinajstić information content (AvgIpc) is 2.45. The summed E-state index contributed by atoms with van der Waals surface area (Å²) in [4.78, 5) is 2.38. The highest BCUT2D eigenvalue weighted by Crippen LogP contribution is 2.29. The fraction of sp³-hybridized carbons (Fsp3) is 0.571. The van der Waals surface area contributed by atoms with Crippen LogP contribution in [0, 0.1) is 0 Å². The van der Waals surface area contributed by atoms with Gasteiger partial charge in [-0.3, -0.25) is 0 Å². The molecule has 1 aliphatic heterocycles. The van der Waals surface area contributed by atoms with E-state index >= 15 is 0 Å². The predicted octanol–water partition coefficient (Wildman–Crippen LogP) is 1.07.